The van der Waals surface area contributed by atoms with E-state index in [0.29, 0.717) is 24.0 Å². The van der Waals surface area contributed by atoms with E-state index >= 15 is 0 Å². The first-order valence-corrected chi connectivity index (χ1v) is 12.3. The van der Waals surface area contributed by atoms with Gasteiger partial charge < -0.3 is 4.74 Å². The highest BCUT2D eigenvalue weighted by atomic mass is 19.1. The van der Waals surface area contributed by atoms with E-state index in [1.165, 1.54) is 76.3 Å². The van der Waals surface area contributed by atoms with Crippen LogP contribution in [0.5, 0.6) is 0 Å². The van der Waals surface area contributed by atoms with E-state index in [4.69, 9.17) is 4.74 Å². The summed E-state index contributed by atoms with van der Waals surface area (Å²) in [6, 6.07) is 2.55. The van der Waals surface area contributed by atoms with Crippen LogP contribution in [0.3, 0.4) is 0 Å². The van der Waals surface area contributed by atoms with Crippen molar-refractivity contribution in [3.63, 3.8) is 0 Å². The lowest BCUT2D eigenvalue weighted by molar-refractivity contribution is 0.00645. The summed E-state index contributed by atoms with van der Waals surface area (Å²) in [5, 5.41) is 0. The second kappa shape index (κ2) is 12.5. The van der Waals surface area contributed by atoms with E-state index in [2.05, 4.69) is 19.1 Å². The van der Waals surface area contributed by atoms with Crippen LogP contribution in [0.2, 0.25) is 0 Å². The third-order valence-corrected chi connectivity index (χ3v) is 7.32. The van der Waals surface area contributed by atoms with E-state index < -0.39 is 17.2 Å². The molecule has 0 atom stereocenters. The van der Waals surface area contributed by atoms with Gasteiger partial charge >= 0.3 is 0 Å². The molecule has 3 rings (SSSR count). The standard InChI is InChI=1S/C27H38F2O2/c1-2-3-16-31-24-14-12-23(13-15-24)22-10-8-20(9-11-22)6-4-5-7-21-17-26(28)25(19-30)27(29)18-21/h4,6,17-20,22-24H,2-3,5,7-16H2,1H3/b6-4+. The first-order chi connectivity index (χ1) is 15.1. The second-order valence-electron chi connectivity index (χ2n) is 9.49. The van der Waals surface area contributed by atoms with Gasteiger partial charge in [0.1, 0.15) is 11.6 Å². The van der Waals surface area contributed by atoms with Gasteiger partial charge in [-0.25, -0.2) is 8.78 Å². The van der Waals surface area contributed by atoms with Gasteiger partial charge in [0.05, 0.1) is 11.7 Å². The average Bonchev–Trinajstić information content (AvgIpc) is 2.78. The van der Waals surface area contributed by atoms with Gasteiger partial charge in [-0.2, -0.15) is 0 Å². The van der Waals surface area contributed by atoms with Gasteiger partial charge in [-0.1, -0.05) is 25.5 Å². The van der Waals surface area contributed by atoms with Gasteiger partial charge in [-0.3, -0.25) is 4.79 Å². The molecule has 0 radical (unpaired) electrons. The SMILES string of the molecule is CCCCOC1CCC(C2CCC(/C=C/CCc3cc(F)c(C=O)c(F)c3)CC2)CC1. The topological polar surface area (TPSA) is 26.3 Å². The Labute approximate surface area is 186 Å². The summed E-state index contributed by atoms with van der Waals surface area (Å²) in [6.45, 7) is 3.14. The molecule has 2 saturated carbocycles. The maximum absolute atomic E-state index is 13.7. The number of rotatable bonds is 10. The van der Waals surface area contributed by atoms with Crippen LogP contribution in [0, 0.1) is 29.4 Å². The van der Waals surface area contributed by atoms with E-state index in [1.807, 2.05) is 0 Å². The van der Waals surface area contributed by atoms with Gasteiger partial charge in [0, 0.05) is 6.61 Å². The molecular weight excluding hydrogens is 394 g/mol. The van der Waals surface area contributed by atoms with E-state index in [9.17, 15) is 13.6 Å². The van der Waals surface area contributed by atoms with Crippen molar-refractivity contribution >= 4 is 6.29 Å². The first-order valence-electron chi connectivity index (χ1n) is 12.3. The Morgan fingerprint density at radius 1 is 0.968 bits per heavy atom. The van der Waals surface area contributed by atoms with Gasteiger partial charge in [0.25, 0.3) is 0 Å². The van der Waals surface area contributed by atoms with Crippen LogP contribution >= 0.6 is 0 Å². The molecule has 0 aliphatic heterocycles. The highest BCUT2D eigenvalue weighted by molar-refractivity contribution is 5.75. The van der Waals surface area contributed by atoms with Crippen LogP contribution in [0.25, 0.3) is 0 Å². The zero-order chi connectivity index (χ0) is 22.1. The minimum atomic E-state index is -0.770. The van der Waals surface area contributed by atoms with Crippen molar-refractivity contribution in [1.82, 2.24) is 0 Å². The monoisotopic (exact) mass is 432 g/mol. The number of aldehydes is 1. The Morgan fingerprint density at radius 3 is 2.16 bits per heavy atom. The number of carbonyl (C=O) groups is 1. The van der Waals surface area contributed by atoms with Crippen molar-refractivity contribution in [3.05, 3.63) is 47.0 Å². The molecule has 31 heavy (non-hydrogen) atoms. The highest BCUT2D eigenvalue weighted by Crippen LogP contribution is 2.40. The summed E-state index contributed by atoms with van der Waals surface area (Å²) in [6.07, 6.45) is 19.2. The fourth-order valence-corrected chi connectivity index (χ4v) is 5.36. The predicted octanol–water partition coefficient (Wildman–Crippen LogP) is 7.45. The molecule has 2 nitrogen and oxygen atoms in total. The third-order valence-electron chi connectivity index (χ3n) is 7.32. The molecule has 2 fully saturated rings. The van der Waals surface area contributed by atoms with E-state index in [1.54, 1.807) is 0 Å². The Balaban J connectivity index is 1.34. The Morgan fingerprint density at radius 2 is 1.58 bits per heavy atom. The molecule has 2 aliphatic rings. The number of aryl methyl sites for hydroxylation is 1. The predicted molar refractivity (Wildman–Crippen MR) is 121 cm³/mol. The van der Waals surface area contributed by atoms with Crippen molar-refractivity contribution in [2.75, 3.05) is 6.61 Å². The molecule has 0 unspecified atom stereocenters. The number of ether oxygens (including phenoxy) is 1. The van der Waals surface area contributed by atoms with Crippen molar-refractivity contribution in [2.45, 2.75) is 90.1 Å². The third kappa shape index (κ3) is 7.24. The minimum Gasteiger partial charge on any atom is -0.378 e. The van der Waals surface area contributed by atoms with Crippen molar-refractivity contribution in [1.29, 1.82) is 0 Å². The quantitative estimate of drug-likeness (QED) is 0.218. The fourth-order valence-electron chi connectivity index (χ4n) is 5.36. The molecule has 1 aromatic carbocycles. The molecule has 2 aliphatic carbocycles. The minimum absolute atomic E-state index is 0.234. The van der Waals surface area contributed by atoms with Gasteiger partial charge in [0.2, 0.25) is 0 Å². The number of carbonyl (C=O) groups excluding carboxylic acids is 1. The van der Waals surface area contributed by atoms with Crippen LogP contribution in [0.15, 0.2) is 24.3 Å². The normalized spacial score (nSPS) is 26.9. The second-order valence-corrected chi connectivity index (χ2v) is 9.49. The van der Waals surface area contributed by atoms with Crippen LogP contribution < -0.4 is 0 Å². The number of benzene rings is 1. The molecule has 4 heteroatoms. The molecule has 0 amide bonds. The number of halogens is 2. The molecule has 0 heterocycles. The lowest BCUT2D eigenvalue weighted by atomic mass is 9.70. The Hall–Kier alpha value is -1.55. The molecule has 0 N–H and O–H groups in total. The van der Waals surface area contributed by atoms with Gasteiger partial charge in [-0.05, 0) is 106 Å². The number of hydrogen-bond donors (Lipinski definition) is 0. The number of allylic oxidation sites excluding steroid dienone is 2. The number of unbranched alkanes of at least 4 members (excludes halogenated alkanes) is 1. The van der Waals surface area contributed by atoms with Gasteiger partial charge in [-0.15, -0.1) is 0 Å². The Kier molecular flexibility index (Phi) is 9.70. The largest absolute Gasteiger partial charge is 0.378 e. The summed E-state index contributed by atoms with van der Waals surface area (Å²) in [5.74, 6) is 0.859. The van der Waals surface area contributed by atoms with Crippen molar-refractivity contribution < 1.29 is 18.3 Å². The fraction of sp³-hybridized carbons (Fsp3) is 0.667. The van der Waals surface area contributed by atoms with Crippen LogP contribution in [0.4, 0.5) is 8.78 Å². The van der Waals surface area contributed by atoms with Gasteiger partial charge in [0.15, 0.2) is 6.29 Å². The van der Waals surface area contributed by atoms with Crippen LogP contribution in [0.1, 0.15) is 93.5 Å². The highest BCUT2D eigenvalue weighted by Gasteiger charge is 2.30. The van der Waals surface area contributed by atoms with E-state index in [0.717, 1.165) is 24.9 Å². The van der Waals surface area contributed by atoms with Crippen molar-refractivity contribution in [3.8, 4) is 0 Å². The first kappa shape index (κ1) is 24.1. The smallest absolute Gasteiger partial charge is 0.155 e. The lowest BCUT2D eigenvalue weighted by Gasteiger charge is -2.37. The van der Waals surface area contributed by atoms with Crippen LogP contribution in [-0.2, 0) is 11.2 Å². The zero-order valence-electron chi connectivity index (χ0n) is 19.0. The van der Waals surface area contributed by atoms with Crippen molar-refractivity contribution in [2.24, 2.45) is 17.8 Å². The van der Waals surface area contributed by atoms with Crippen LogP contribution in [-0.4, -0.2) is 19.0 Å². The molecule has 172 valence electrons. The lowest BCUT2D eigenvalue weighted by Crippen LogP contribution is -2.28. The maximum Gasteiger partial charge on any atom is 0.155 e. The Bertz CT molecular complexity index is 691. The average molecular weight is 433 g/mol. The summed E-state index contributed by atoms with van der Waals surface area (Å²) < 4.78 is 33.4. The zero-order valence-corrected chi connectivity index (χ0v) is 19.0. The summed E-state index contributed by atoms with van der Waals surface area (Å²) >= 11 is 0. The molecule has 1 aromatic rings. The molecule has 0 spiro atoms. The molecule has 0 saturated heterocycles. The molecule has 0 bridgehead atoms. The number of hydrogen-bond acceptors (Lipinski definition) is 2. The maximum atomic E-state index is 13.7. The summed E-state index contributed by atoms with van der Waals surface area (Å²) in [5.41, 5.74) is 0.122. The molecule has 0 aromatic heterocycles. The van der Waals surface area contributed by atoms with E-state index in [-0.39, 0.29) is 6.29 Å². The summed E-state index contributed by atoms with van der Waals surface area (Å²) in [4.78, 5) is 10.7. The summed E-state index contributed by atoms with van der Waals surface area (Å²) in [7, 11) is 0. The molecular formula is C27H38F2O2.